The van der Waals surface area contributed by atoms with Crippen molar-refractivity contribution in [2.24, 2.45) is 0 Å². The molecule has 3 heterocycles. The molecule has 0 saturated carbocycles. The fourth-order valence-electron chi connectivity index (χ4n) is 3.99. The number of piperazine rings is 1. The maximum absolute atomic E-state index is 12.8. The molecule has 2 aliphatic heterocycles. The summed E-state index contributed by atoms with van der Waals surface area (Å²) in [5.41, 5.74) is 1.44. The summed E-state index contributed by atoms with van der Waals surface area (Å²) in [5.74, 6) is 0.267. The van der Waals surface area contributed by atoms with Crippen LogP contribution in [-0.2, 0) is 12.8 Å². The largest absolute Gasteiger partial charge is 0.335 e. The first kappa shape index (κ1) is 17.2. The van der Waals surface area contributed by atoms with Gasteiger partial charge in [0.1, 0.15) is 0 Å². The van der Waals surface area contributed by atoms with Crippen molar-refractivity contribution in [1.82, 2.24) is 15.1 Å². The minimum absolute atomic E-state index is 0. The standard InChI is InChI=1S/C17H25N3OS.ClH/c21-17(16-11-13-3-1-2-4-15(13)22-16)20-9-7-19(8-10-20)14-5-6-18-12-14;/h11,14,18H,1-10,12H2;1H. The fraction of sp³-hybridized carbons (Fsp3) is 0.706. The van der Waals surface area contributed by atoms with Crippen molar-refractivity contribution in [2.75, 3.05) is 39.3 Å². The molecule has 2 fully saturated rings. The first-order valence-corrected chi connectivity index (χ1v) is 9.48. The van der Waals surface area contributed by atoms with Crippen molar-refractivity contribution in [1.29, 1.82) is 0 Å². The number of amides is 1. The highest BCUT2D eigenvalue weighted by Crippen LogP contribution is 2.30. The van der Waals surface area contributed by atoms with Gasteiger partial charge >= 0.3 is 0 Å². The highest BCUT2D eigenvalue weighted by molar-refractivity contribution is 7.14. The average molecular weight is 356 g/mol. The van der Waals surface area contributed by atoms with E-state index >= 15 is 0 Å². The molecular formula is C17H26ClN3OS. The van der Waals surface area contributed by atoms with Crippen LogP contribution in [0, 0.1) is 0 Å². The van der Waals surface area contributed by atoms with Gasteiger partial charge in [0.25, 0.3) is 5.91 Å². The van der Waals surface area contributed by atoms with E-state index in [2.05, 4.69) is 21.2 Å². The van der Waals surface area contributed by atoms with E-state index in [-0.39, 0.29) is 18.3 Å². The lowest BCUT2D eigenvalue weighted by Gasteiger charge is -2.37. The summed E-state index contributed by atoms with van der Waals surface area (Å²) in [5, 5.41) is 3.44. The van der Waals surface area contributed by atoms with Crippen LogP contribution in [0.4, 0.5) is 0 Å². The number of thiophene rings is 1. The Morgan fingerprint density at radius 1 is 1.17 bits per heavy atom. The van der Waals surface area contributed by atoms with Gasteiger partial charge in [0.05, 0.1) is 4.88 Å². The van der Waals surface area contributed by atoms with Crippen LogP contribution >= 0.6 is 23.7 Å². The summed E-state index contributed by atoms with van der Waals surface area (Å²) in [6.45, 7) is 6.10. The van der Waals surface area contributed by atoms with Gasteiger partial charge in [0.2, 0.25) is 0 Å². The van der Waals surface area contributed by atoms with E-state index in [0.29, 0.717) is 6.04 Å². The lowest BCUT2D eigenvalue weighted by atomic mass is 9.99. The van der Waals surface area contributed by atoms with E-state index < -0.39 is 0 Å². The van der Waals surface area contributed by atoms with Crippen LogP contribution in [0.25, 0.3) is 0 Å². The zero-order chi connectivity index (χ0) is 14.9. The summed E-state index contributed by atoms with van der Waals surface area (Å²) in [6.07, 6.45) is 6.17. The molecule has 0 spiro atoms. The third-order valence-corrected chi connectivity index (χ3v) is 6.58. The van der Waals surface area contributed by atoms with E-state index in [9.17, 15) is 4.79 Å². The molecule has 0 radical (unpaired) electrons. The van der Waals surface area contributed by atoms with Crippen molar-refractivity contribution in [2.45, 2.75) is 38.1 Å². The molecule has 128 valence electrons. The molecule has 1 aromatic rings. The Balaban J connectivity index is 0.00000156. The summed E-state index contributed by atoms with van der Waals surface area (Å²) >= 11 is 1.75. The Morgan fingerprint density at radius 3 is 2.65 bits per heavy atom. The topological polar surface area (TPSA) is 35.6 Å². The van der Waals surface area contributed by atoms with Gasteiger partial charge in [0.15, 0.2) is 0 Å². The third kappa shape index (κ3) is 3.58. The minimum atomic E-state index is 0. The predicted molar refractivity (Wildman–Crippen MR) is 97.0 cm³/mol. The van der Waals surface area contributed by atoms with Crippen LogP contribution in [0.1, 0.15) is 39.4 Å². The van der Waals surface area contributed by atoms with E-state index in [4.69, 9.17) is 0 Å². The Labute approximate surface area is 148 Å². The Bertz CT molecular complexity index is 525. The van der Waals surface area contributed by atoms with Gasteiger partial charge in [-0.3, -0.25) is 9.69 Å². The van der Waals surface area contributed by atoms with Gasteiger partial charge in [-0.25, -0.2) is 0 Å². The highest BCUT2D eigenvalue weighted by atomic mass is 35.5. The van der Waals surface area contributed by atoms with Crippen LogP contribution in [0.3, 0.4) is 0 Å². The summed E-state index contributed by atoms with van der Waals surface area (Å²) in [7, 11) is 0. The van der Waals surface area contributed by atoms with Gasteiger partial charge in [0, 0.05) is 43.6 Å². The van der Waals surface area contributed by atoms with Crippen molar-refractivity contribution in [3.05, 3.63) is 21.4 Å². The lowest BCUT2D eigenvalue weighted by molar-refractivity contribution is 0.0588. The number of fused-ring (bicyclic) bond motifs is 1. The second-order valence-corrected chi connectivity index (χ2v) is 7.88. The van der Waals surface area contributed by atoms with Crippen LogP contribution in [0.2, 0.25) is 0 Å². The molecule has 1 aromatic heterocycles. The fourth-order valence-corrected chi connectivity index (χ4v) is 5.21. The molecule has 1 unspecified atom stereocenters. The monoisotopic (exact) mass is 355 g/mol. The minimum Gasteiger partial charge on any atom is -0.335 e. The summed E-state index contributed by atoms with van der Waals surface area (Å²) in [6, 6.07) is 2.86. The van der Waals surface area contributed by atoms with E-state index in [1.165, 1.54) is 42.5 Å². The second kappa shape index (κ2) is 7.51. The maximum atomic E-state index is 12.8. The molecular weight excluding hydrogens is 330 g/mol. The van der Waals surface area contributed by atoms with Crippen LogP contribution < -0.4 is 5.32 Å². The number of carbonyl (C=O) groups is 1. The number of rotatable bonds is 2. The molecule has 4 rings (SSSR count). The average Bonchev–Trinajstić information content (AvgIpc) is 3.23. The summed E-state index contributed by atoms with van der Waals surface area (Å²) < 4.78 is 0. The number of carbonyl (C=O) groups excluding carboxylic acids is 1. The van der Waals surface area contributed by atoms with E-state index in [0.717, 1.165) is 44.1 Å². The van der Waals surface area contributed by atoms with E-state index in [1.807, 2.05) is 0 Å². The van der Waals surface area contributed by atoms with Gasteiger partial charge in [-0.05, 0) is 50.3 Å². The highest BCUT2D eigenvalue weighted by Gasteiger charge is 2.29. The molecule has 2 saturated heterocycles. The van der Waals surface area contributed by atoms with E-state index in [1.54, 1.807) is 11.3 Å². The van der Waals surface area contributed by atoms with Crippen LogP contribution in [0.15, 0.2) is 6.07 Å². The Hall–Kier alpha value is -0.620. The SMILES string of the molecule is Cl.O=C(c1cc2c(s1)CCCC2)N1CCN(C2CCNC2)CC1. The number of hydrogen-bond acceptors (Lipinski definition) is 4. The van der Waals surface area contributed by atoms with Crippen molar-refractivity contribution in [3.63, 3.8) is 0 Å². The quantitative estimate of drug-likeness (QED) is 0.883. The molecule has 1 N–H and O–H groups in total. The molecule has 1 aliphatic carbocycles. The summed E-state index contributed by atoms with van der Waals surface area (Å²) in [4.78, 5) is 19.8. The maximum Gasteiger partial charge on any atom is 0.264 e. The van der Waals surface area contributed by atoms with Crippen molar-refractivity contribution in [3.8, 4) is 0 Å². The number of aryl methyl sites for hydroxylation is 2. The molecule has 1 amide bonds. The molecule has 0 aromatic carbocycles. The Kier molecular flexibility index (Phi) is 5.62. The zero-order valence-electron chi connectivity index (χ0n) is 13.6. The molecule has 23 heavy (non-hydrogen) atoms. The molecule has 6 heteroatoms. The molecule has 3 aliphatic rings. The van der Waals surface area contributed by atoms with Crippen molar-refractivity contribution < 1.29 is 4.79 Å². The molecule has 0 bridgehead atoms. The van der Waals surface area contributed by atoms with Crippen LogP contribution in [-0.4, -0.2) is 61.0 Å². The number of nitrogens with zero attached hydrogens (tertiary/aromatic N) is 2. The second-order valence-electron chi connectivity index (χ2n) is 6.74. The normalized spacial score (nSPS) is 25.0. The first-order valence-electron chi connectivity index (χ1n) is 8.67. The Morgan fingerprint density at radius 2 is 1.96 bits per heavy atom. The molecule has 4 nitrogen and oxygen atoms in total. The smallest absolute Gasteiger partial charge is 0.264 e. The third-order valence-electron chi connectivity index (χ3n) is 5.36. The van der Waals surface area contributed by atoms with Crippen LogP contribution in [0.5, 0.6) is 0 Å². The number of halogens is 1. The lowest BCUT2D eigenvalue weighted by Crippen LogP contribution is -2.52. The number of nitrogens with one attached hydrogen (secondary N) is 1. The van der Waals surface area contributed by atoms with Gasteiger partial charge in [-0.2, -0.15) is 0 Å². The number of hydrogen-bond donors (Lipinski definition) is 1. The predicted octanol–water partition coefficient (Wildman–Crippen LogP) is 2.17. The zero-order valence-corrected chi connectivity index (χ0v) is 15.2. The first-order chi connectivity index (χ1) is 10.8. The molecule has 1 atom stereocenters. The van der Waals surface area contributed by atoms with Gasteiger partial charge in [-0.15, -0.1) is 23.7 Å². The van der Waals surface area contributed by atoms with Crippen molar-refractivity contribution >= 4 is 29.7 Å². The van der Waals surface area contributed by atoms with Gasteiger partial charge < -0.3 is 10.2 Å². The van der Waals surface area contributed by atoms with Gasteiger partial charge in [-0.1, -0.05) is 0 Å².